The Hall–Kier alpha value is -0.530. The van der Waals surface area contributed by atoms with Gasteiger partial charge in [-0.2, -0.15) is 0 Å². The molecule has 82 valence electrons. The van der Waals surface area contributed by atoms with E-state index in [0.717, 1.165) is 17.6 Å². The molecule has 1 aromatic carbocycles. The fourth-order valence-electron chi connectivity index (χ4n) is 1.69. The minimum Gasteiger partial charge on any atom is -0.313 e. The van der Waals surface area contributed by atoms with Crippen molar-refractivity contribution in [3.63, 3.8) is 0 Å². The maximum Gasteiger partial charge on any atom is 0.0406 e. The second-order valence-corrected chi connectivity index (χ2v) is 5.48. The summed E-state index contributed by atoms with van der Waals surface area (Å²) in [6, 6.07) is 8.95. The largest absolute Gasteiger partial charge is 0.313 e. The lowest BCUT2D eigenvalue weighted by Gasteiger charge is -2.25. The monoisotopic (exact) mass is 223 g/mol. The lowest BCUT2D eigenvalue weighted by Crippen LogP contribution is -2.34. The van der Waals surface area contributed by atoms with Crippen LogP contribution in [-0.4, -0.2) is 12.6 Å². The van der Waals surface area contributed by atoms with E-state index in [0.29, 0.717) is 0 Å². The van der Waals surface area contributed by atoms with Crippen LogP contribution in [0.5, 0.6) is 0 Å². The van der Waals surface area contributed by atoms with E-state index in [1.807, 2.05) is 12.1 Å². The van der Waals surface area contributed by atoms with Crippen LogP contribution in [0.1, 0.15) is 32.3 Å². The number of halogens is 1. The number of hydrogen-bond donors (Lipinski definition) is 1. The van der Waals surface area contributed by atoms with Crippen molar-refractivity contribution in [1.82, 2.24) is 5.32 Å². The zero-order chi connectivity index (χ0) is 10.9. The third-order valence-electron chi connectivity index (χ3n) is 3.04. The number of hydrogen-bond acceptors (Lipinski definition) is 1. The van der Waals surface area contributed by atoms with Crippen molar-refractivity contribution in [2.75, 3.05) is 6.54 Å². The van der Waals surface area contributed by atoms with Crippen molar-refractivity contribution in [1.29, 1.82) is 0 Å². The second kappa shape index (κ2) is 4.15. The van der Waals surface area contributed by atoms with Crippen molar-refractivity contribution in [3.8, 4) is 0 Å². The normalized spacial score (nSPS) is 16.7. The van der Waals surface area contributed by atoms with Gasteiger partial charge < -0.3 is 5.32 Å². The van der Waals surface area contributed by atoms with Gasteiger partial charge in [0.25, 0.3) is 0 Å². The van der Waals surface area contributed by atoms with Gasteiger partial charge in [-0.15, -0.1) is 0 Å². The summed E-state index contributed by atoms with van der Waals surface area (Å²) in [5.41, 5.74) is 1.53. The molecule has 0 unspecified atom stereocenters. The predicted octanol–water partition coefficient (Wildman–Crippen LogP) is 3.37. The Morgan fingerprint density at radius 3 is 2.40 bits per heavy atom. The Balaban J connectivity index is 2.02. The number of rotatable bonds is 4. The van der Waals surface area contributed by atoms with E-state index in [-0.39, 0.29) is 5.41 Å². The molecule has 0 aliphatic heterocycles. The minimum absolute atomic E-state index is 0.188. The van der Waals surface area contributed by atoms with Crippen molar-refractivity contribution < 1.29 is 0 Å². The van der Waals surface area contributed by atoms with Gasteiger partial charge in [-0.25, -0.2) is 0 Å². The van der Waals surface area contributed by atoms with Crippen molar-refractivity contribution >= 4 is 11.6 Å². The van der Waals surface area contributed by atoms with Crippen LogP contribution in [0.25, 0.3) is 0 Å². The fourth-order valence-corrected chi connectivity index (χ4v) is 1.82. The zero-order valence-electron chi connectivity index (χ0n) is 9.39. The smallest absolute Gasteiger partial charge is 0.0406 e. The summed E-state index contributed by atoms with van der Waals surface area (Å²) in [5, 5.41) is 4.39. The minimum atomic E-state index is 0.188. The van der Waals surface area contributed by atoms with Crippen LogP contribution in [0.3, 0.4) is 0 Å². The van der Waals surface area contributed by atoms with Gasteiger partial charge in [-0.3, -0.25) is 0 Å². The van der Waals surface area contributed by atoms with Crippen molar-refractivity contribution in [2.45, 2.75) is 38.1 Å². The van der Waals surface area contributed by atoms with Crippen LogP contribution in [0, 0.1) is 0 Å². The van der Waals surface area contributed by atoms with Crippen LogP contribution in [0.2, 0.25) is 5.02 Å². The molecule has 1 N–H and O–H groups in total. The maximum atomic E-state index is 5.88. The average molecular weight is 224 g/mol. The highest BCUT2D eigenvalue weighted by Gasteiger charge is 2.26. The Morgan fingerprint density at radius 2 is 1.87 bits per heavy atom. The van der Waals surface area contributed by atoms with Gasteiger partial charge in [0.05, 0.1) is 0 Å². The molecule has 0 heterocycles. The molecule has 1 fully saturated rings. The molecule has 15 heavy (non-hydrogen) atoms. The predicted molar refractivity (Wildman–Crippen MR) is 65.5 cm³/mol. The van der Waals surface area contributed by atoms with E-state index in [4.69, 9.17) is 11.6 Å². The molecule has 0 saturated heterocycles. The van der Waals surface area contributed by atoms with Crippen LogP contribution >= 0.6 is 11.6 Å². The highest BCUT2D eigenvalue weighted by Crippen LogP contribution is 2.26. The molecule has 1 aromatic rings. The SMILES string of the molecule is CC(C)(CNC1CC1)c1ccc(Cl)cc1. The second-order valence-electron chi connectivity index (χ2n) is 5.05. The molecule has 2 rings (SSSR count). The third-order valence-corrected chi connectivity index (χ3v) is 3.29. The highest BCUT2D eigenvalue weighted by molar-refractivity contribution is 6.30. The molecule has 0 atom stereocenters. The molecule has 0 bridgehead atoms. The van der Waals surface area contributed by atoms with Gasteiger partial charge in [0.15, 0.2) is 0 Å². The van der Waals surface area contributed by atoms with Gasteiger partial charge in [0.2, 0.25) is 0 Å². The van der Waals surface area contributed by atoms with E-state index in [2.05, 4.69) is 31.3 Å². The van der Waals surface area contributed by atoms with E-state index in [1.165, 1.54) is 18.4 Å². The summed E-state index contributed by atoms with van der Waals surface area (Å²) >= 11 is 5.88. The van der Waals surface area contributed by atoms with Crippen LogP contribution in [0.4, 0.5) is 0 Å². The zero-order valence-corrected chi connectivity index (χ0v) is 10.1. The third kappa shape index (κ3) is 2.96. The Bertz CT molecular complexity index is 325. The van der Waals surface area contributed by atoms with Crippen molar-refractivity contribution in [2.24, 2.45) is 0 Å². The molecule has 0 spiro atoms. The van der Waals surface area contributed by atoms with Gasteiger partial charge in [0.1, 0.15) is 0 Å². The molecule has 2 heteroatoms. The van der Waals surface area contributed by atoms with Gasteiger partial charge in [-0.05, 0) is 30.5 Å². The van der Waals surface area contributed by atoms with Crippen molar-refractivity contribution in [3.05, 3.63) is 34.9 Å². The summed E-state index contributed by atoms with van der Waals surface area (Å²) in [6.45, 7) is 5.58. The number of benzene rings is 1. The summed E-state index contributed by atoms with van der Waals surface area (Å²) in [5.74, 6) is 0. The first kappa shape index (κ1) is 11.0. The first-order valence-electron chi connectivity index (χ1n) is 5.57. The Morgan fingerprint density at radius 1 is 1.27 bits per heavy atom. The Kier molecular flexibility index (Phi) is 3.03. The summed E-state index contributed by atoms with van der Waals surface area (Å²) in [6.07, 6.45) is 2.69. The first-order valence-corrected chi connectivity index (χ1v) is 5.95. The quantitative estimate of drug-likeness (QED) is 0.826. The number of nitrogens with one attached hydrogen (secondary N) is 1. The lowest BCUT2D eigenvalue weighted by atomic mass is 9.84. The fraction of sp³-hybridized carbons (Fsp3) is 0.538. The average Bonchev–Trinajstić information content (AvgIpc) is 2.99. The van der Waals surface area contributed by atoms with Gasteiger partial charge in [-0.1, -0.05) is 37.6 Å². The van der Waals surface area contributed by atoms with E-state index in [1.54, 1.807) is 0 Å². The van der Waals surface area contributed by atoms with E-state index >= 15 is 0 Å². The van der Waals surface area contributed by atoms with E-state index < -0.39 is 0 Å². The lowest BCUT2D eigenvalue weighted by molar-refractivity contribution is 0.467. The topological polar surface area (TPSA) is 12.0 Å². The highest BCUT2D eigenvalue weighted by atomic mass is 35.5. The standard InChI is InChI=1S/C13H18ClN/c1-13(2,9-15-12-7-8-12)10-3-5-11(14)6-4-10/h3-6,12,15H,7-9H2,1-2H3. The Labute approximate surface area is 96.8 Å². The molecule has 1 saturated carbocycles. The first-order chi connectivity index (χ1) is 7.08. The molecule has 1 nitrogen and oxygen atoms in total. The molecular formula is C13H18ClN. The van der Waals surface area contributed by atoms with Gasteiger partial charge in [0, 0.05) is 23.0 Å². The maximum absolute atomic E-state index is 5.88. The summed E-state index contributed by atoms with van der Waals surface area (Å²) in [7, 11) is 0. The van der Waals surface area contributed by atoms with E-state index in [9.17, 15) is 0 Å². The van der Waals surface area contributed by atoms with Crippen LogP contribution in [0.15, 0.2) is 24.3 Å². The van der Waals surface area contributed by atoms with Crippen LogP contribution in [-0.2, 0) is 5.41 Å². The van der Waals surface area contributed by atoms with Gasteiger partial charge >= 0.3 is 0 Å². The molecule has 0 aromatic heterocycles. The molecular weight excluding hydrogens is 206 g/mol. The molecule has 1 aliphatic carbocycles. The molecule has 0 radical (unpaired) electrons. The van der Waals surface area contributed by atoms with Crippen LogP contribution < -0.4 is 5.32 Å². The summed E-state index contributed by atoms with van der Waals surface area (Å²) in [4.78, 5) is 0. The molecule has 0 amide bonds. The summed E-state index contributed by atoms with van der Waals surface area (Å²) < 4.78 is 0. The molecule has 1 aliphatic rings.